The Bertz CT molecular complexity index is 530. The van der Waals surface area contributed by atoms with Gasteiger partial charge in [-0.15, -0.1) is 0 Å². The maximum absolute atomic E-state index is 11.7. The molecule has 0 unspecified atom stereocenters. The molecule has 0 atom stereocenters. The Balaban J connectivity index is 2.70. The fraction of sp³-hybridized carbons (Fsp3) is 0.455. The summed E-state index contributed by atoms with van der Waals surface area (Å²) >= 11 is 0. The molecule has 0 aromatic heterocycles. The molecule has 0 amide bonds. The maximum atomic E-state index is 11.7. The molecule has 0 radical (unpaired) electrons. The number of hydrogen-bond acceptors (Lipinski definition) is 5. The van der Waals surface area contributed by atoms with Gasteiger partial charge in [-0.25, -0.2) is 13.1 Å². The van der Waals surface area contributed by atoms with E-state index < -0.39 is 20.7 Å². The Kier molecular flexibility index (Phi) is 5.87. The third-order valence-corrected chi connectivity index (χ3v) is 3.64. The predicted octanol–water partition coefficient (Wildman–Crippen LogP) is 1.05. The number of nitro groups is 1. The van der Waals surface area contributed by atoms with Crippen molar-refractivity contribution in [2.75, 3.05) is 19.8 Å². The first kappa shape index (κ1) is 15.5. The van der Waals surface area contributed by atoms with Crippen molar-refractivity contribution in [2.24, 2.45) is 0 Å². The zero-order valence-electron chi connectivity index (χ0n) is 10.5. The summed E-state index contributed by atoms with van der Waals surface area (Å²) in [6.45, 7) is 2.73. The number of para-hydroxylation sites is 1. The van der Waals surface area contributed by atoms with Crippen LogP contribution >= 0.6 is 0 Å². The van der Waals surface area contributed by atoms with Gasteiger partial charge in [0.2, 0.25) is 10.0 Å². The van der Waals surface area contributed by atoms with E-state index in [1.54, 1.807) is 6.07 Å². The number of nitrogens with zero attached hydrogens (tertiary/aromatic N) is 1. The zero-order chi connectivity index (χ0) is 14.3. The lowest BCUT2D eigenvalue weighted by Gasteiger charge is -2.07. The van der Waals surface area contributed by atoms with Crippen LogP contribution in [0, 0.1) is 10.1 Å². The minimum atomic E-state index is -3.61. The van der Waals surface area contributed by atoms with Gasteiger partial charge in [-0.2, -0.15) is 0 Å². The van der Waals surface area contributed by atoms with Gasteiger partial charge in [-0.1, -0.05) is 18.2 Å². The topological polar surface area (TPSA) is 98.5 Å². The maximum Gasteiger partial charge on any atom is 0.273 e. The smallest absolute Gasteiger partial charge is 0.273 e. The van der Waals surface area contributed by atoms with Crippen molar-refractivity contribution in [1.29, 1.82) is 0 Å². The molecule has 7 nitrogen and oxygen atoms in total. The van der Waals surface area contributed by atoms with Gasteiger partial charge in [0.25, 0.3) is 5.69 Å². The van der Waals surface area contributed by atoms with Crippen LogP contribution in [-0.2, 0) is 20.5 Å². The van der Waals surface area contributed by atoms with Gasteiger partial charge in [0, 0.05) is 24.8 Å². The van der Waals surface area contributed by atoms with Crippen LogP contribution < -0.4 is 4.72 Å². The molecule has 0 saturated heterocycles. The molecule has 1 N–H and O–H groups in total. The molecule has 0 bridgehead atoms. The molecule has 8 heteroatoms. The van der Waals surface area contributed by atoms with Crippen molar-refractivity contribution < 1.29 is 18.1 Å². The summed E-state index contributed by atoms with van der Waals surface area (Å²) in [4.78, 5) is 10.2. The molecule has 106 valence electrons. The summed E-state index contributed by atoms with van der Waals surface area (Å²) in [6.07, 6.45) is 0. The van der Waals surface area contributed by atoms with Crippen molar-refractivity contribution >= 4 is 15.7 Å². The third kappa shape index (κ3) is 5.33. The molecule has 1 rings (SSSR count). The quantitative estimate of drug-likeness (QED) is 0.438. The number of rotatable bonds is 8. The minimum absolute atomic E-state index is 0.150. The molecule has 1 aromatic rings. The molecular weight excluding hydrogens is 272 g/mol. The number of nitro benzene ring substituents is 1. The molecule has 0 aliphatic heterocycles. The van der Waals surface area contributed by atoms with E-state index in [1.807, 2.05) is 6.92 Å². The Morgan fingerprint density at radius 3 is 2.68 bits per heavy atom. The molecule has 0 saturated carbocycles. The van der Waals surface area contributed by atoms with Crippen LogP contribution in [0.1, 0.15) is 12.5 Å². The molecular formula is C11H16N2O5S. The highest BCUT2D eigenvalue weighted by atomic mass is 32.2. The van der Waals surface area contributed by atoms with E-state index in [0.29, 0.717) is 6.61 Å². The van der Waals surface area contributed by atoms with Gasteiger partial charge in [0.1, 0.15) is 0 Å². The van der Waals surface area contributed by atoms with E-state index >= 15 is 0 Å². The van der Waals surface area contributed by atoms with Gasteiger partial charge in [0.15, 0.2) is 0 Å². The first-order valence-corrected chi connectivity index (χ1v) is 7.39. The fourth-order valence-corrected chi connectivity index (χ4v) is 2.63. The lowest BCUT2D eigenvalue weighted by atomic mass is 10.2. The summed E-state index contributed by atoms with van der Waals surface area (Å²) in [7, 11) is -3.61. The highest BCUT2D eigenvalue weighted by Crippen LogP contribution is 2.19. The van der Waals surface area contributed by atoms with Crippen LogP contribution in [-0.4, -0.2) is 33.1 Å². The molecule has 0 aliphatic carbocycles. The van der Waals surface area contributed by atoms with Crippen LogP contribution in [0.25, 0.3) is 0 Å². The monoisotopic (exact) mass is 288 g/mol. The first-order chi connectivity index (χ1) is 8.96. The van der Waals surface area contributed by atoms with Crippen molar-refractivity contribution in [1.82, 2.24) is 4.72 Å². The van der Waals surface area contributed by atoms with E-state index in [9.17, 15) is 18.5 Å². The lowest BCUT2D eigenvalue weighted by Crippen LogP contribution is -2.28. The Hall–Kier alpha value is -1.51. The van der Waals surface area contributed by atoms with Crippen LogP contribution in [0.15, 0.2) is 24.3 Å². The normalized spacial score (nSPS) is 11.4. The summed E-state index contributed by atoms with van der Waals surface area (Å²) < 4.78 is 30.8. The van der Waals surface area contributed by atoms with Crippen LogP contribution in [0.3, 0.4) is 0 Å². The first-order valence-electron chi connectivity index (χ1n) is 5.73. The highest BCUT2D eigenvalue weighted by molar-refractivity contribution is 7.88. The van der Waals surface area contributed by atoms with Crippen LogP contribution in [0.2, 0.25) is 0 Å². The van der Waals surface area contributed by atoms with E-state index in [1.165, 1.54) is 18.2 Å². The van der Waals surface area contributed by atoms with Gasteiger partial charge in [0.05, 0.1) is 17.3 Å². The summed E-state index contributed by atoms with van der Waals surface area (Å²) in [5, 5.41) is 10.8. The highest BCUT2D eigenvalue weighted by Gasteiger charge is 2.19. The van der Waals surface area contributed by atoms with Crippen molar-refractivity contribution in [3.8, 4) is 0 Å². The Morgan fingerprint density at radius 1 is 1.37 bits per heavy atom. The summed E-state index contributed by atoms with van der Waals surface area (Å²) in [5.74, 6) is -0.420. The van der Waals surface area contributed by atoms with E-state index in [4.69, 9.17) is 4.74 Å². The Labute approximate surface area is 111 Å². The zero-order valence-corrected chi connectivity index (χ0v) is 11.4. The van der Waals surface area contributed by atoms with Gasteiger partial charge in [-0.3, -0.25) is 10.1 Å². The number of benzene rings is 1. The second-order valence-corrected chi connectivity index (χ2v) is 5.54. The molecule has 0 fully saturated rings. The van der Waals surface area contributed by atoms with Crippen LogP contribution in [0.5, 0.6) is 0 Å². The predicted molar refractivity (Wildman–Crippen MR) is 70.2 cm³/mol. The average Bonchev–Trinajstić information content (AvgIpc) is 2.34. The second-order valence-electron chi connectivity index (χ2n) is 3.74. The average molecular weight is 288 g/mol. The number of ether oxygens (including phenoxy) is 1. The molecule has 1 aromatic carbocycles. The third-order valence-electron chi connectivity index (χ3n) is 2.31. The molecule has 19 heavy (non-hydrogen) atoms. The number of sulfonamides is 1. The van der Waals surface area contributed by atoms with Gasteiger partial charge >= 0.3 is 0 Å². The SMILES string of the molecule is CCOCCNS(=O)(=O)Cc1ccccc1[N+](=O)[O-]. The Morgan fingerprint density at radius 2 is 2.05 bits per heavy atom. The largest absolute Gasteiger partial charge is 0.380 e. The lowest BCUT2D eigenvalue weighted by molar-refractivity contribution is -0.385. The van der Waals surface area contributed by atoms with Crippen molar-refractivity contribution in [2.45, 2.75) is 12.7 Å². The number of nitrogens with one attached hydrogen (secondary N) is 1. The van der Waals surface area contributed by atoms with E-state index in [2.05, 4.69) is 4.72 Å². The second kappa shape index (κ2) is 7.17. The summed E-state index contributed by atoms with van der Waals surface area (Å²) in [5.41, 5.74) is -0.0332. The molecule has 0 spiro atoms. The van der Waals surface area contributed by atoms with Crippen molar-refractivity contribution in [3.63, 3.8) is 0 Å². The fourth-order valence-electron chi connectivity index (χ4n) is 1.48. The number of hydrogen-bond donors (Lipinski definition) is 1. The van der Waals surface area contributed by atoms with Crippen molar-refractivity contribution in [3.05, 3.63) is 39.9 Å². The van der Waals surface area contributed by atoms with E-state index in [-0.39, 0.29) is 24.4 Å². The summed E-state index contributed by atoms with van der Waals surface area (Å²) in [6, 6.07) is 5.78. The van der Waals surface area contributed by atoms with E-state index in [0.717, 1.165) is 0 Å². The van der Waals surface area contributed by atoms with Crippen LogP contribution in [0.4, 0.5) is 5.69 Å². The standard InChI is InChI=1S/C11H16N2O5S/c1-2-18-8-7-12-19(16,17)9-10-5-3-4-6-11(10)13(14)15/h3-6,12H,2,7-9H2,1H3. The minimum Gasteiger partial charge on any atom is -0.380 e. The molecule has 0 heterocycles. The molecule has 0 aliphatic rings. The van der Waals surface area contributed by atoms with Gasteiger partial charge < -0.3 is 4.74 Å². The van der Waals surface area contributed by atoms with Gasteiger partial charge in [-0.05, 0) is 6.92 Å².